The molecule has 3 aliphatic heterocycles. The van der Waals surface area contributed by atoms with Crippen molar-refractivity contribution in [3.05, 3.63) is 76.3 Å². The number of ether oxygens (including phenoxy) is 7. The molecular formula is C33H29NO11. The molecule has 3 aromatic carbocycles. The number of amides is 2. The highest BCUT2D eigenvalue weighted by molar-refractivity contribution is 6.22. The Bertz CT molecular complexity index is 1710. The van der Waals surface area contributed by atoms with Gasteiger partial charge >= 0.3 is 11.9 Å². The van der Waals surface area contributed by atoms with Crippen molar-refractivity contribution in [3.8, 4) is 28.7 Å². The first kappa shape index (κ1) is 28.5. The quantitative estimate of drug-likeness (QED) is 0.285. The van der Waals surface area contributed by atoms with Crippen LogP contribution in [-0.2, 0) is 19.1 Å². The average molecular weight is 616 g/mol. The van der Waals surface area contributed by atoms with Gasteiger partial charge in [-0.05, 0) is 54.4 Å². The van der Waals surface area contributed by atoms with Crippen molar-refractivity contribution in [2.24, 2.45) is 11.8 Å². The van der Waals surface area contributed by atoms with Crippen LogP contribution in [0.5, 0.6) is 28.7 Å². The number of hydrogen-bond acceptors (Lipinski definition) is 11. The second-order valence-electron chi connectivity index (χ2n) is 11.1. The molecule has 0 bridgehead atoms. The molecule has 7 rings (SSSR count). The third-order valence-corrected chi connectivity index (χ3v) is 8.96. The second kappa shape index (κ2) is 10.7. The van der Waals surface area contributed by atoms with Gasteiger partial charge in [0.1, 0.15) is 12.1 Å². The van der Waals surface area contributed by atoms with E-state index in [4.69, 9.17) is 33.2 Å². The van der Waals surface area contributed by atoms with Crippen molar-refractivity contribution < 1.29 is 52.3 Å². The molecule has 0 saturated carbocycles. The molecule has 12 nitrogen and oxygen atoms in total. The lowest BCUT2D eigenvalue weighted by molar-refractivity contribution is -0.158. The highest BCUT2D eigenvalue weighted by atomic mass is 16.7. The zero-order valence-corrected chi connectivity index (χ0v) is 24.9. The Morgan fingerprint density at radius 2 is 1.44 bits per heavy atom. The summed E-state index contributed by atoms with van der Waals surface area (Å²) in [6, 6.07) is 12.2. The fourth-order valence-corrected chi connectivity index (χ4v) is 6.83. The summed E-state index contributed by atoms with van der Waals surface area (Å²) in [6.45, 7) is 1.43. The third-order valence-electron chi connectivity index (χ3n) is 8.96. The first-order valence-corrected chi connectivity index (χ1v) is 14.3. The second-order valence-corrected chi connectivity index (χ2v) is 11.1. The van der Waals surface area contributed by atoms with Gasteiger partial charge in [-0.2, -0.15) is 0 Å². The SMILES string of the molecule is COc1cc(C2c3cc4c(cc3[C@H](OC(=O)[C@@H](C)N3C(=O)c5ccccc5C3=O)[C@H]3COC(=O)[C@H]23)OCO4)cc(OC)c1OC. The van der Waals surface area contributed by atoms with Gasteiger partial charge < -0.3 is 33.2 Å². The van der Waals surface area contributed by atoms with Crippen molar-refractivity contribution >= 4 is 23.8 Å². The summed E-state index contributed by atoms with van der Waals surface area (Å²) in [5, 5.41) is 0. The summed E-state index contributed by atoms with van der Waals surface area (Å²) in [6.07, 6.45) is -0.964. The summed E-state index contributed by atoms with van der Waals surface area (Å²) in [5.41, 5.74) is 2.37. The molecule has 12 heteroatoms. The minimum atomic E-state index is -1.24. The van der Waals surface area contributed by atoms with Gasteiger partial charge in [0, 0.05) is 17.4 Å². The maximum atomic E-state index is 13.7. The first-order valence-electron chi connectivity index (χ1n) is 14.3. The van der Waals surface area contributed by atoms with E-state index in [0.717, 1.165) is 4.90 Å². The third kappa shape index (κ3) is 4.26. The number of nitrogens with zero attached hydrogens (tertiary/aromatic N) is 1. The summed E-state index contributed by atoms with van der Waals surface area (Å²) in [7, 11) is 4.51. The number of benzene rings is 3. The topological polar surface area (TPSA) is 136 Å². The number of hydrogen-bond donors (Lipinski definition) is 0. The average Bonchev–Trinajstić information content (AvgIpc) is 3.75. The van der Waals surface area contributed by atoms with Crippen molar-refractivity contribution in [1.82, 2.24) is 4.90 Å². The summed E-state index contributed by atoms with van der Waals surface area (Å²) in [4.78, 5) is 54.3. The molecule has 4 aliphatic rings. The van der Waals surface area contributed by atoms with Crippen molar-refractivity contribution in [2.75, 3.05) is 34.7 Å². The normalized spacial score (nSPS) is 23.1. The molecule has 1 fully saturated rings. The lowest BCUT2D eigenvalue weighted by atomic mass is 9.66. The highest BCUT2D eigenvalue weighted by Crippen LogP contribution is 2.56. The first-order chi connectivity index (χ1) is 21.8. The van der Waals surface area contributed by atoms with Crippen LogP contribution in [0.15, 0.2) is 48.5 Å². The molecule has 1 unspecified atom stereocenters. The standard InChI is InChI=1S/C33H29NO11/c1-15(34-30(35)17-7-5-6-8-18(17)31(34)36)32(37)45-28-20-12-23-22(43-14-44-23)11-19(20)26(27-21(28)13-42-33(27)38)16-9-24(39-2)29(41-4)25(10-16)40-3/h5-12,15,21,26-28H,13-14H2,1-4H3/t15-,21+,26?,27+,28+/m1/s1. The lowest BCUT2D eigenvalue weighted by Crippen LogP contribution is -2.45. The molecule has 232 valence electrons. The van der Waals surface area contributed by atoms with E-state index in [1.54, 1.807) is 48.5 Å². The van der Waals surface area contributed by atoms with E-state index >= 15 is 0 Å². The van der Waals surface area contributed by atoms with Crippen LogP contribution in [0, 0.1) is 11.8 Å². The maximum absolute atomic E-state index is 13.7. The fraction of sp³-hybridized carbons (Fsp3) is 0.333. The van der Waals surface area contributed by atoms with E-state index in [2.05, 4.69) is 0 Å². The van der Waals surface area contributed by atoms with Crippen molar-refractivity contribution in [3.63, 3.8) is 0 Å². The monoisotopic (exact) mass is 615 g/mol. The Morgan fingerprint density at radius 1 is 0.844 bits per heavy atom. The Kier molecular flexibility index (Phi) is 6.79. The van der Waals surface area contributed by atoms with Gasteiger partial charge in [0.25, 0.3) is 11.8 Å². The van der Waals surface area contributed by atoms with E-state index < -0.39 is 53.7 Å². The maximum Gasteiger partial charge on any atom is 0.329 e. The number of rotatable bonds is 7. The summed E-state index contributed by atoms with van der Waals surface area (Å²) < 4.78 is 39.8. The minimum absolute atomic E-state index is 0.00318. The van der Waals surface area contributed by atoms with E-state index in [9.17, 15) is 19.2 Å². The fourth-order valence-electron chi connectivity index (χ4n) is 6.83. The van der Waals surface area contributed by atoms with E-state index in [-0.39, 0.29) is 24.5 Å². The smallest absolute Gasteiger partial charge is 0.329 e. The molecule has 3 aromatic rings. The number of fused-ring (bicyclic) bond motifs is 4. The molecule has 3 heterocycles. The van der Waals surface area contributed by atoms with Crippen LogP contribution >= 0.6 is 0 Å². The molecule has 5 atom stereocenters. The molecule has 0 radical (unpaired) electrons. The lowest BCUT2D eigenvalue weighted by Gasteiger charge is -2.39. The number of imide groups is 1. The minimum Gasteiger partial charge on any atom is -0.493 e. The van der Waals surface area contributed by atoms with Gasteiger partial charge in [-0.1, -0.05) is 12.1 Å². The Labute approximate surface area is 257 Å². The number of cyclic esters (lactones) is 1. The largest absolute Gasteiger partial charge is 0.493 e. The molecule has 0 aromatic heterocycles. The summed E-state index contributed by atoms with van der Waals surface area (Å²) >= 11 is 0. The molecule has 2 amide bonds. The van der Waals surface area contributed by atoms with Crippen LogP contribution < -0.4 is 23.7 Å². The van der Waals surface area contributed by atoms with Crippen LogP contribution in [0.1, 0.15) is 56.4 Å². The zero-order valence-electron chi connectivity index (χ0n) is 24.9. The number of carbonyl (C=O) groups is 4. The Morgan fingerprint density at radius 3 is 2.02 bits per heavy atom. The van der Waals surface area contributed by atoms with Gasteiger partial charge in [-0.25, -0.2) is 4.79 Å². The van der Waals surface area contributed by atoms with Gasteiger partial charge in [0.2, 0.25) is 12.5 Å². The van der Waals surface area contributed by atoms with E-state index in [0.29, 0.717) is 45.4 Å². The Balaban J connectivity index is 1.31. The van der Waals surface area contributed by atoms with Crippen LogP contribution in [0.4, 0.5) is 0 Å². The number of methoxy groups -OCH3 is 3. The molecule has 0 spiro atoms. The molecule has 1 aliphatic carbocycles. The van der Waals surface area contributed by atoms with E-state index in [1.807, 2.05) is 0 Å². The van der Waals surface area contributed by atoms with Crippen LogP contribution in [0.25, 0.3) is 0 Å². The number of esters is 2. The molecule has 45 heavy (non-hydrogen) atoms. The van der Waals surface area contributed by atoms with Gasteiger partial charge in [-0.15, -0.1) is 0 Å². The predicted molar refractivity (Wildman–Crippen MR) is 154 cm³/mol. The van der Waals surface area contributed by atoms with Crippen LogP contribution in [0.3, 0.4) is 0 Å². The molecule has 1 saturated heterocycles. The van der Waals surface area contributed by atoms with Crippen LogP contribution in [0.2, 0.25) is 0 Å². The van der Waals surface area contributed by atoms with Crippen LogP contribution in [-0.4, -0.2) is 69.4 Å². The Hall–Kier alpha value is -5.26. The number of carbonyl (C=O) groups excluding carboxylic acids is 4. The highest BCUT2D eigenvalue weighted by Gasteiger charge is 2.55. The predicted octanol–water partition coefficient (Wildman–Crippen LogP) is 3.64. The van der Waals surface area contributed by atoms with Gasteiger partial charge in [-0.3, -0.25) is 19.3 Å². The molecule has 0 N–H and O–H groups in total. The van der Waals surface area contributed by atoms with Crippen molar-refractivity contribution in [1.29, 1.82) is 0 Å². The summed E-state index contributed by atoms with van der Waals surface area (Å²) in [5.74, 6) is -2.24. The zero-order chi connectivity index (χ0) is 31.6. The molecular weight excluding hydrogens is 586 g/mol. The van der Waals surface area contributed by atoms with Gasteiger partial charge in [0.15, 0.2) is 23.0 Å². The van der Waals surface area contributed by atoms with Gasteiger partial charge in [0.05, 0.1) is 45.0 Å². The van der Waals surface area contributed by atoms with Crippen molar-refractivity contribution in [2.45, 2.75) is 25.0 Å². The van der Waals surface area contributed by atoms with E-state index in [1.165, 1.54) is 28.3 Å².